The number of piperidine rings is 1. The fourth-order valence-electron chi connectivity index (χ4n) is 4.43. The Morgan fingerprint density at radius 3 is 2.88 bits per heavy atom. The van der Waals surface area contributed by atoms with Crippen molar-refractivity contribution in [2.75, 3.05) is 13.1 Å². The van der Waals surface area contributed by atoms with Crippen molar-refractivity contribution in [2.24, 2.45) is 5.41 Å². The first-order valence-electron chi connectivity index (χ1n) is 9.04. The lowest BCUT2D eigenvalue weighted by molar-refractivity contribution is -0.00538. The number of aliphatic hydroxyl groups is 1. The molecule has 0 bridgehead atoms. The molecule has 1 N–H and O–H groups in total. The molecule has 1 saturated heterocycles. The largest absolute Gasteiger partial charge is 0.392 e. The molecule has 2 aliphatic rings. The van der Waals surface area contributed by atoms with Crippen molar-refractivity contribution in [2.45, 2.75) is 45.1 Å². The SMILES string of the molecule is Cc1c(C(=O)N2CCC[C@]3(CCC[C@H]3O)C2)cnn1-c1ccccn1. The fraction of sp³-hybridized carbons (Fsp3) is 0.526. The molecule has 0 unspecified atom stereocenters. The van der Waals surface area contributed by atoms with Crippen LogP contribution in [0.3, 0.4) is 0 Å². The van der Waals surface area contributed by atoms with Gasteiger partial charge in [0.1, 0.15) is 0 Å². The smallest absolute Gasteiger partial charge is 0.257 e. The lowest BCUT2D eigenvalue weighted by Crippen LogP contribution is -2.49. The molecule has 6 heteroatoms. The summed E-state index contributed by atoms with van der Waals surface area (Å²) in [5, 5.41) is 14.8. The van der Waals surface area contributed by atoms with Crippen LogP contribution in [0.4, 0.5) is 0 Å². The third-order valence-corrected chi connectivity index (χ3v) is 5.86. The quantitative estimate of drug-likeness (QED) is 0.911. The number of hydrogen-bond donors (Lipinski definition) is 1. The zero-order chi connectivity index (χ0) is 17.4. The van der Waals surface area contributed by atoms with Crippen LogP contribution in [0.5, 0.6) is 0 Å². The summed E-state index contributed by atoms with van der Waals surface area (Å²) in [7, 11) is 0. The van der Waals surface area contributed by atoms with Gasteiger partial charge in [-0.1, -0.05) is 12.5 Å². The van der Waals surface area contributed by atoms with Crippen LogP contribution in [0.25, 0.3) is 5.82 Å². The van der Waals surface area contributed by atoms with Crippen LogP contribution in [0.15, 0.2) is 30.6 Å². The van der Waals surface area contributed by atoms with Gasteiger partial charge in [-0.05, 0) is 44.7 Å². The number of aliphatic hydroxyl groups excluding tert-OH is 1. The van der Waals surface area contributed by atoms with Crippen molar-refractivity contribution in [1.82, 2.24) is 19.7 Å². The number of carbonyl (C=O) groups excluding carboxylic acids is 1. The Hall–Kier alpha value is -2.21. The summed E-state index contributed by atoms with van der Waals surface area (Å²) in [5.41, 5.74) is 1.32. The molecule has 0 aromatic carbocycles. The van der Waals surface area contributed by atoms with E-state index in [1.165, 1.54) is 0 Å². The Morgan fingerprint density at radius 1 is 1.32 bits per heavy atom. The number of aromatic nitrogens is 3. The van der Waals surface area contributed by atoms with Crippen molar-refractivity contribution in [3.05, 3.63) is 41.9 Å². The second-order valence-electron chi connectivity index (χ2n) is 7.34. The van der Waals surface area contributed by atoms with Gasteiger partial charge in [0.05, 0.1) is 23.6 Å². The van der Waals surface area contributed by atoms with E-state index >= 15 is 0 Å². The van der Waals surface area contributed by atoms with E-state index < -0.39 is 0 Å². The molecule has 2 aromatic rings. The van der Waals surface area contributed by atoms with E-state index in [2.05, 4.69) is 10.1 Å². The van der Waals surface area contributed by atoms with Crippen molar-refractivity contribution in [3.8, 4) is 5.82 Å². The van der Waals surface area contributed by atoms with Crippen LogP contribution in [-0.2, 0) is 0 Å². The van der Waals surface area contributed by atoms with E-state index in [-0.39, 0.29) is 17.4 Å². The van der Waals surface area contributed by atoms with Gasteiger partial charge in [0, 0.05) is 24.7 Å². The van der Waals surface area contributed by atoms with Gasteiger partial charge in [-0.3, -0.25) is 4.79 Å². The monoisotopic (exact) mass is 340 g/mol. The Kier molecular flexibility index (Phi) is 4.07. The summed E-state index contributed by atoms with van der Waals surface area (Å²) in [6.07, 6.45) is 7.98. The van der Waals surface area contributed by atoms with Gasteiger partial charge in [-0.2, -0.15) is 5.10 Å². The number of carbonyl (C=O) groups is 1. The lowest BCUT2D eigenvalue weighted by atomic mass is 9.76. The van der Waals surface area contributed by atoms with Gasteiger partial charge in [0.25, 0.3) is 5.91 Å². The number of rotatable bonds is 2. The predicted molar refractivity (Wildman–Crippen MR) is 93.5 cm³/mol. The lowest BCUT2D eigenvalue weighted by Gasteiger charge is -2.42. The molecule has 0 radical (unpaired) electrons. The highest BCUT2D eigenvalue weighted by molar-refractivity contribution is 5.95. The maximum atomic E-state index is 13.1. The molecule has 1 saturated carbocycles. The first kappa shape index (κ1) is 16.3. The van der Waals surface area contributed by atoms with Crippen LogP contribution < -0.4 is 0 Å². The second kappa shape index (κ2) is 6.26. The van der Waals surface area contributed by atoms with Gasteiger partial charge < -0.3 is 10.0 Å². The van der Waals surface area contributed by atoms with Crippen molar-refractivity contribution in [3.63, 3.8) is 0 Å². The minimum absolute atomic E-state index is 0.0119. The minimum Gasteiger partial charge on any atom is -0.392 e. The molecular weight excluding hydrogens is 316 g/mol. The molecule has 1 aliphatic heterocycles. The van der Waals surface area contributed by atoms with E-state index in [0.717, 1.165) is 44.3 Å². The first-order chi connectivity index (χ1) is 12.1. The molecule has 132 valence electrons. The average molecular weight is 340 g/mol. The number of likely N-dealkylation sites (tertiary alicyclic amines) is 1. The topological polar surface area (TPSA) is 71.2 Å². The van der Waals surface area contributed by atoms with Crippen molar-refractivity contribution < 1.29 is 9.90 Å². The van der Waals surface area contributed by atoms with E-state index in [1.54, 1.807) is 17.1 Å². The molecule has 2 fully saturated rings. The van der Waals surface area contributed by atoms with E-state index in [1.807, 2.05) is 30.0 Å². The molecule has 2 aromatic heterocycles. The summed E-state index contributed by atoms with van der Waals surface area (Å²) in [4.78, 5) is 19.3. The van der Waals surface area contributed by atoms with Gasteiger partial charge in [0.15, 0.2) is 5.82 Å². The van der Waals surface area contributed by atoms with E-state index in [0.29, 0.717) is 17.9 Å². The minimum atomic E-state index is -0.277. The molecule has 3 heterocycles. The number of hydrogen-bond acceptors (Lipinski definition) is 4. The Morgan fingerprint density at radius 2 is 2.16 bits per heavy atom. The zero-order valence-corrected chi connectivity index (χ0v) is 14.6. The zero-order valence-electron chi connectivity index (χ0n) is 14.6. The summed E-state index contributed by atoms with van der Waals surface area (Å²) in [5.74, 6) is 0.721. The second-order valence-corrected chi connectivity index (χ2v) is 7.34. The first-order valence-corrected chi connectivity index (χ1v) is 9.04. The summed E-state index contributed by atoms with van der Waals surface area (Å²) in [6, 6.07) is 5.63. The van der Waals surface area contributed by atoms with Crippen molar-refractivity contribution >= 4 is 5.91 Å². The molecule has 2 atom stereocenters. The number of amides is 1. The number of nitrogens with zero attached hydrogens (tertiary/aromatic N) is 4. The van der Waals surface area contributed by atoms with Crippen LogP contribution >= 0.6 is 0 Å². The van der Waals surface area contributed by atoms with Gasteiger partial charge in [-0.15, -0.1) is 0 Å². The van der Waals surface area contributed by atoms with Crippen LogP contribution in [-0.4, -0.2) is 49.9 Å². The van der Waals surface area contributed by atoms with Crippen LogP contribution in [0.2, 0.25) is 0 Å². The number of pyridine rings is 1. The van der Waals surface area contributed by atoms with E-state index in [9.17, 15) is 9.90 Å². The average Bonchev–Trinajstić information content (AvgIpc) is 3.19. The van der Waals surface area contributed by atoms with Gasteiger partial charge >= 0.3 is 0 Å². The molecular formula is C19H24N4O2. The standard InChI is InChI=1S/C19H24N4O2/c1-14-15(12-21-23(14)17-7-2-3-10-20-17)18(25)22-11-5-9-19(13-22)8-4-6-16(19)24/h2-3,7,10,12,16,24H,4-6,8-9,11,13H2,1H3/t16-,19-/m1/s1. The molecule has 1 aliphatic carbocycles. The van der Waals surface area contributed by atoms with Crippen LogP contribution in [0.1, 0.15) is 48.2 Å². The van der Waals surface area contributed by atoms with Gasteiger partial charge in [0.2, 0.25) is 0 Å². The summed E-state index contributed by atoms with van der Waals surface area (Å²) >= 11 is 0. The summed E-state index contributed by atoms with van der Waals surface area (Å²) in [6.45, 7) is 3.31. The Labute approximate surface area is 147 Å². The van der Waals surface area contributed by atoms with E-state index in [4.69, 9.17) is 0 Å². The third-order valence-electron chi connectivity index (χ3n) is 5.86. The highest BCUT2D eigenvalue weighted by atomic mass is 16.3. The molecule has 1 spiro atoms. The third kappa shape index (κ3) is 2.74. The normalized spacial score (nSPS) is 26.3. The predicted octanol–water partition coefficient (Wildman–Crippen LogP) is 2.34. The van der Waals surface area contributed by atoms with Crippen molar-refractivity contribution in [1.29, 1.82) is 0 Å². The molecule has 1 amide bonds. The highest BCUT2D eigenvalue weighted by Gasteiger charge is 2.45. The molecule has 6 nitrogen and oxygen atoms in total. The maximum absolute atomic E-state index is 13.1. The Bertz CT molecular complexity index is 773. The maximum Gasteiger partial charge on any atom is 0.257 e. The molecule has 4 rings (SSSR count). The summed E-state index contributed by atoms with van der Waals surface area (Å²) < 4.78 is 1.71. The van der Waals surface area contributed by atoms with Gasteiger partial charge in [-0.25, -0.2) is 9.67 Å². The fourth-order valence-corrected chi connectivity index (χ4v) is 4.43. The molecule has 25 heavy (non-hydrogen) atoms. The Balaban J connectivity index is 1.58. The highest BCUT2D eigenvalue weighted by Crippen LogP contribution is 2.45. The van der Waals surface area contributed by atoms with Crippen LogP contribution in [0, 0.1) is 12.3 Å².